The molecule has 1 saturated heterocycles. The maximum Gasteiger partial charge on any atom is 0.438 e. The number of aromatic amines is 1. The van der Waals surface area contributed by atoms with Gasteiger partial charge in [-0.1, -0.05) is 23.7 Å². The number of aromatic nitrogens is 2. The van der Waals surface area contributed by atoms with Gasteiger partial charge in [-0.15, -0.1) is 0 Å². The second-order valence-electron chi connectivity index (χ2n) is 6.87. The van der Waals surface area contributed by atoms with Gasteiger partial charge >= 0.3 is 5.76 Å². The van der Waals surface area contributed by atoms with E-state index in [9.17, 15) is 14.9 Å². The Kier molecular flexibility index (Phi) is 5.51. The Hall–Kier alpha value is -2.79. The van der Waals surface area contributed by atoms with E-state index in [-0.39, 0.29) is 5.91 Å². The zero-order valence-electron chi connectivity index (χ0n) is 14.9. The quantitative estimate of drug-likeness (QED) is 0.806. The average molecular weight is 390 g/mol. The van der Waals surface area contributed by atoms with E-state index in [0.717, 1.165) is 5.69 Å². The monoisotopic (exact) mass is 389 g/mol. The van der Waals surface area contributed by atoms with E-state index >= 15 is 0 Å². The van der Waals surface area contributed by atoms with Crippen LogP contribution in [0.1, 0.15) is 31.2 Å². The highest BCUT2D eigenvalue weighted by Gasteiger charge is 2.37. The Labute approximate surface area is 161 Å². The molecule has 1 amide bonds. The molecule has 2 aromatic rings. The highest BCUT2D eigenvalue weighted by molar-refractivity contribution is 6.30. The molecule has 1 aliphatic heterocycles. The number of halogens is 1. The van der Waals surface area contributed by atoms with E-state index in [4.69, 9.17) is 11.6 Å². The molecule has 0 bridgehead atoms. The molecule has 142 valence electrons. The second-order valence-corrected chi connectivity index (χ2v) is 7.31. The number of piperidine rings is 1. The first-order valence-electron chi connectivity index (χ1n) is 8.69. The predicted molar refractivity (Wildman–Crippen MR) is 99.6 cm³/mol. The van der Waals surface area contributed by atoms with Crippen molar-refractivity contribution in [3.8, 4) is 6.07 Å². The lowest BCUT2D eigenvalue weighted by atomic mass is 9.79. The minimum atomic E-state index is -0.602. The summed E-state index contributed by atoms with van der Waals surface area (Å²) in [6.45, 7) is 3.68. The topological polar surface area (TPSA) is 115 Å². The first-order valence-corrected chi connectivity index (χ1v) is 9.07. The number of nitrogens with zero attached hydrogens (tertiary/aromatic N) is 3. The van der Waals surface area contributed by atoms with E-state index in [2.05, 4.69) is 30.9 Å². The molecule has 2 N–H and O–H groups in total. The Morgan fingerprint density at radius 2 is 2.22 bits per heavy atom. The summed E-state index contributed by atoms with van der Waals surface area (Å²) in [6.07, 6.45) is 1.75. The van der Waals surface area contributed by atoms with Crippen LogP contribution in [-0.4, -0.2) is 35.7 Å². The van der Waals surface area contributed by atoms with Crippen LogP contribution in [0.15, 0.2) is 27.5 Å². The number of nitrogens with one attached hydrogen (secondary N) is 2. The molecule has 0 atom stereocenters. The van der Waals surface area contributed by atoms with Crippen LogP contribution < -0.4 is 16.0 Å². The lowest BCUT2D eigenvalue weighted by Crippen LogP contribution is -2.47. The van der Waals surface area contributed by atoms with Gasteiger partial charge < -0.3 is 10.2 Å². The van der Waals surface area contributed by atoms with Crippen LogP contribution in [0.3, 0.4) is 0 Å². The van der Waals surface area contributed by atoms with Crippen LogP contribution in [-0.2, 0) is 11.2 Å². The van der Waals surface area contributed by atoms with Crippen molar-refractivity contribution >= 4 is 23.2 Å². The third-order valence-electron chi connectivity index (χ3n) is 4.97. The molecule has 1 aromatic heterocycles. The number of hydrogen-bond acceptors (Lipinski definition) is 6. The highest BCUT2D eigenvalue weighted by atomic mass is 35.5. The van der Waals surface area contributed by atoms with Gasteiger partial charge in [-0.05, 0) is 31.0 Å². The SMILES string of the molecule is CC1(C(=O)NCCc2noc(=O)[nH]2)CCN(c2ccc(Cl)cc2C#N)CC1. The summed E-state index contributed by atoms with van der Waals surface area (Å²) in [5.41, 5.74) is 0.906. The Balaban J connectivity index is 1.56. The summed E-state index contributed by atoms with van der Waals surface area (Å²) in [7, 11) is 0. The number of carbonyl (C=O) groups is 1. The van der Waals surface area contributed by atoms with Crippen LogP contribution in [0.4, 0.5) is 5.69 Å². The van der Waals surface area contributed by atoms with Crippen molar-refractivity contribution in [2.45, 2.75) is 26.2 Å². The lowest BCUT2D eigenvalue weighted by molar-refractivity contribution is -0.131. The van der Waals surface area contributed by atoms with E-state index in [1.165, 1.54) is 0 Å². The van der Waals surface area contributed by atoms with Gasteiger partial charge in [-0.25, -0.2) is 4.79 Å². The molecule has 1 aromatic carbocycles. The maximum absolute atomic E-state index is 12.6. The van der Waals surface area contributed by atoms with E-state index in [1.807, 2.05) is 13.0 Å². The number of nitriles is 1. The number of H-pyrrole nitrogens is 1. The molecule has 0 radical (unpaired) electrons. The van der Waals surface area contributed by atoms with Gasteiger partial charge in [0.1, 0.15) is 6.07 Å². The van der Waals surface area contributed by atoms with Gasteiger partial charge in [0.15, 0.2) is 5.82 Å². The Bertz CT molecular complexity index is 922. The minimum absolute atomic E-state index is 0.0235. The molecule has 0 spiro atoms. The summed E-state index contributed by atoms with van der Waals surface area (Å²) in [4.78, 5) is 28.1. The molecule has 2 heterocycles. The van der Waals surface area contributed by atoms with Crippen LogP contribution in [0.5, 0.6) is 0 Å². The number of rotatable bonds is 5. The molecule has 0 unspecified atom stereocenters. The zero-order chi connectivity index (χ0) is 19.4. The summed E-state index contributed by atoms with van der Waals surface area (Å²) in [5, 5.41) is 16.3. The molecule has 1 aliphatic rings. The van der Waals surface area contributed by atoms with Crippen molar-refractivity contribution in [3.63, 3.8) is 0 Å². The van der Waals surface area contributed by atoms with Crippen molar-refractivity contribution < 1.29 is 9.32 Å². The van der Waals surface area contributed by atoms with Crippen molar-refractivity contribution in [2.24, 2.45) is 5.41 Å². The standard InChI is InChI=1S/C18H20ClN5O3/c1-18(16(25)21-7-4-15-22-17(26)27-23-15)5-8-24(9-6-18)14-3-2-13(19)10-12(14)11-20/h2-3,10H,4-9H2,1H3,(H,21,25)(H,22,23,26). The number of carbonyl (C=O) groups excluding carboxylic acids is 1. The smallest absolute Gasteiger partial charge is 0.370 e. The fourth-order valence-corrected chi connectivity index (χ4v) is 3.39. The molecule has 8 nitrogen and oxygen atoms in total. The summed E-state index contributed by atoms with van der Waals surface area (Å²) in [5.74, 6) is -0.216. The first-order chi connectivity index (χ1) is 12.9. The van der Waals surface area contributed by atoms with E-state index < -0.39 is 11.2 Å². The lowest BCUT2D eigenvalue weighted by Gasteiger charge is -2.39. The van der Waals surface area contributed by atoms with Crippen LogP contribution in [0, 0.1) is 16.7 Å². The molecule has 0 aliphatic carbocycles. The van der Waals surface area contributed by atoms with Gasteiger partial charge in [0, 0.05) is 36.5 Å². The van der Waals surface area contributed by atoms with E-state index in [1.54, 1.807) is 12.1 Å². The van der Waals surface area contributed by atoms with Gasteiger partial charge in [-0.3, -0.25) is 14.3 Å². The maximum atomic E-state index is 12.6. The Morgan fingerprint density at radius 1 is 1.48 bits per heavy atom. The van der Waals surface area contributed by atoms with Crippen LogP contribution in [0.25, 0.3) is 0 Å². The summed E-state index contributed by atoms with van der Waals surface area (Å²) in [6, 6.07) is 7.46. The van der Waals surface area contributed by atoms with Crippen molar-refractivity contribution in [3.05, 3.63) is 45.2 Å². The van der Waals surface area contributed by atoms with Gasteiger partial charge in [0.05, 0.1) is 11.3 Å². The number of benzene rings is 1. The molecule has 0 saturated carbocycles. The molecular weight excluding hydrogens is 370 g/mol. The molecule has 9 heteroatoms. The van der Waals surface area contributed by atoms with Crippen molar-refractivity contribution in [1.29, 1.82) is 5.26 Å². The van der Waals surface area contributed by atoms with Gasteiger partial charge in [0.2, 0.25) is 5.91 Å². The second kappa shape index (κ2) is 7.84. The van der Waals surface area contributed by atoms with Crippen LogP contribution in [0.2, 0.25) is 5.02 Å². The Morgan fingerprint density at radius 3 is 2.85 bits per heavy atom. The summed E-state index contributed by atoms with van der Waals surface area (Å²) >= 11 is 5.96. The average Bonchev–Trinajstić information content (AvgIpc) is 3.07. The van der Waals surface area contributed by atoms with Crippen molar-refractivity contribution in [2.75, 3.05) is 24.5 Å². The molecule has 3 rings (SSSR count). The number of amides is 1. The third-order valence-corrected chi connectivity index (χ3v) is 5.20. The number of anilines is 1. The highest BCUT2D eigenvalue weighted by Crippen LogP contribution is 2.34. The largest absolute Gasteiger partial charge is 0.438 e. The molecular formula is C18H20ClN5O3. The first kappa shape index (κ1) is 19.0. The normalized spacial score (nSPS) is 16.0. The number of hydrogen-bond donors (Lipinski definition) is 2. The zero-order valence-corrected chi connectivity index (χ0v) is 15.7. The third kappa shape index (κ3) is 4.31. The van der Waals surface area contributed by atoms with Crippen molar-refractivity contribution in [1.82, 2.24) is 15.5 Å². The molecule has 27 heavy (non-hydrogen) atoms. The molecule has 1 fully saturated rings. The van der Waals surface area contributed by atoms with Gasteiger partial charge in [-0.2, -0.15) is 5.26 Å². The van der Waals surface area contributed by atoms with Crippen LogP contribution >= 0.6 is 11.6 Å². The van der Waals surface area contributed by atoms with Gasteiger partial charge in [0.25, 0.3) is 0 Å². The summed E-state index contributed by atoms with van der Waals surface area (Å²) < 4.78 is 4.43. The van der Waals surface area contributed by atoms with E-state index in [0.29, 0.717) is 55.3 Å². The minimum Gasteiger partial charge on any atom is -0.370 e. The fourth-order valence-electron chi connectivity index (χ4n) is 3.22. The predicted octanol–water partition coefficient (Wildman–Crippen LogP) is 1.85. The fraction of sp³-hybridized carbons (Fsp3) is 0.444.